The van der Waals surface area contributed by atoms with Crippen LogP contribution in [0.4, 0.5) is 0 Å². The van der Waals surface area contributed by atoms with Crippen molar-refractivity contribution in [2.75, 3.05) is 26.4 Å². The Balaban J connectivity index is 2.38. The van der Waals surface area contributed by atoms with E-state index in [1.807, 2.05) is 0 Å². The van der Waals surface area contributed by atoms with Crippen LogP contribution >= 0.6 is 0 Å². The van der Waals surface area contributed by atoms with Gasteiger partial charge < -0.3 is 29.9 Å². The molecule has 8 nitrogen and oxygen atoms in total. The Morgan fingerprint density at radius 1 is 0.714 bits per heavy atom. The van der Waals surface area contributed by atoms with Crippen molar-refractivity contribution >= 4 is 11.9 Å². The number of benzene rings is 1. The summed E-state index contributed by atoms with van der Waals surface area (Å²) >= 11 is 0. The molecule has 2 atom stereocenters. The zero-order chi connectivity index (χ0) is 20.8. The molecule has 0 heterocycles. The molecule has 0 aliphatic carbocycles. The van der Waals surface area contributed by atoms with Crippen LogP contribution in [-0.2, 0) is 9.47 Å². The lowest BCUT2D eigenvalue weighted by Gasteiger charge is -2.12. The molecule has 0 spiro atoms. The third-order valence-corrected chi connectivity index (χ3v) is 4.06. The Morgan fingerprint density at radius 2 is 1.07 bits per heavy atom. The Hall–Kier alpha value is -2.00. The zero-order valence-corrected chi connectivity index (χ0v) is 16.0. The van der Waals surface area contributed by atoms with Crippen LogP contribution in [0, 0.1) is 0 Å². The van der Waals surface area contributed by atoms with E-state index < -0.39 is 24.1 Å². The molecule has 158 valence electrons. The molecular formula is C20H30O8. The van der Waals surface area contributed by atoms with Crippen molar-refractivity contribution in [2.24, 2.45) is 0 Å². The summed E-state index contributed by atoms with van der Waals surface area (Å²) in [6.45, 7) is -0.154. The molecule has 1 aromatic carbocycles. The normalized spacial score (nSPS) is 13.0. The Bertz CT molecular complexity index is 521. The van der Waals surface area contributed by atoms with Gasteiger partial charge in [0.2, 0.25) is 0 Å². The second-order valence-electron chi connectivity index (χ2n) is 6.52. The van der Waals surface area contributed by atoms with Gasteiger partial charge in [-0.05, 0) is 62.8 Å². The van der Waals surface area contributed by atoms with E-state index in [2.05, 4.69) is 0 Å². The fraction of sp³-hybridized carbons (Fsp3) is 0.600. The Kier molecular flexibility index (Phi) is 12.1. The molecule has 0 saturated carbocycles. The SMILES string of the molecule is O=C(OCC(O)CCCCO)c1ccc(C(=O)OCC(O)CCCCO)cc1. The molecule has 0 bridgehead atoms. The highest BCUT2D eigenvalue weighted by Gasteiger charge is 2.14. The van der Waals surface area contributed by atoms with Crippen LogP contribution in [0.3, 0.4) is 0 Å². The van der Waals surface area contributed by atoms with Gasteiger partial charge in [-0.2, -0.15) is 0 Å². The number of carbonyl (C=O) groups is 2. The van der Waals surface area contributed by atoms with Crippen LogP contribution in [0.5, 0.6) is 0 Å². The lowest BCUT2D eigenvalue weighted by Crippen LogP contribution is -2.19. The third-order valence-electron chi connectivity index (χ3n) is 4.06. The molecule has 0 fully saturated rings. The smallest absolute Gasteiger partial charge is 0.338 e. The van der Waals surface area contributed by atoms with Crippen molar-refractivity contribution in [1.82, 2.24) is 0 Å². The number of carbonyl (C=O) groups excluding carboxylic acids is 2. The first kappa shape index (κ1) is 24.0. The number of rotatable bonds is 14. The van der Waals surface area contributed by atoms with Crippen LogP contribution in [0.2, 0.25) is 0 Å². The van der Waals surface area contributed by atoms with Crippen LogP contribution in [-0.4, -0.2) is 71.0 Å². The van der Waals surface area contributed by atoms with Gasteiger partial charge in [-0.3, -0.25) is 0 Å². The summed E-state index contributed by atoms with van der Waals surface area (Å²) in [7, 11) is 0. The maximum atomic E-state index is 12.0. The van der Waals surface area contributed by atoms with Crippen molar-refractivity contribution in [3.05, 3.63) is 35.4 Å². The zero-order valence-electron chi connectivity index (χ0n) is 16.0. The van der Waals surface area contributed by atoms with E-state index in [4.69, 9.17) is 19.7 Å². The molecule has 0 aliphatic rings. The first-order chi connectivity index (χ1) is 13.5. The summed E-state index contributed by atoms with van der Waals surface area (Å²) in [6.07, 6.45) is 1.76. The number of esters is 2. The van der Waals surface area contributed by atoms with Crippen molar-refractivity contribution in [2.45, 2.75) is 50.7 Å². The number of hydrogen-bond acceptors (Lipinski definition) is 8. The van der Waals surface area contributed by atoms with Crippen molar-refractivity contribution in [3.63, 3.8) is 0 Å². The molecule has 4 N–H and O–H groups in total. The van der Waals surface area contributed by atoms with E-state index in [0.717, 1.165) is 0 Å². The summed E-state index contributed by atoms with van der Waals surface area (Å²) in [6, 6.07) is 5.70. The van der Waals surface area contributed by atoms with Crippen molar-refractivity contribution in [3.8, 4) is 0 Å². The van der Waals surface area contributed by atoms with E-state index in [1.165, 1.54) is 24.3 Å². The monoisotopic (exact) mass is 398 g/mol. The third kappa shape index (κ3) is 9.80. The molecular weight excluding hydrogens is 368 g/mol. The topological polar surface area (TPSA) is 134 Å². The summed E-state index contributed by atoms with van der Waals surface area (Å²) in [5.74, 6) is -1.22. The van der Waals surface area contributed by atoms with Gasteiger partial charge >= 0.3 is 11.9 Å². The highest BCUT2D eigenvalue weighted by atomic mass is 16.5. The second-order valence-corrected chi connectivity index (χ2v) is 6.52. The predicted octanol–water partition coefficient (Wildman–Crippen LogP) is 1.05. The van der Waals surface area contributed by atoms with E-state index in [0.29, 0.717) is 38.5 Å². The summed E-state index contributed by atoms with van der Waals surface area (Å²) in [5.41, 5.74) is 0.478. The number of hydrogen-bond donors (Lipinski definition) is 4. The minimum absolute atomic E-state index is 0.0595. The quantitative estimate of drug-likeness (QED) is 0.270. The van der Waals surface area contributed by atoms with Crippen LogP contribution in [0.25, 0.3) is 0 Å². The fourth-order valence-corrected chi connectivity index (χ4v) is 2.40. The number of aliphatic hydroxyl groups is 4. The lowest BCUT2D eigenvalue weighted by molar-refractivity contribution is 0.0223. The summed E-state index contributed by atoms with van der Waals surface area (Å²) in [4.78, 5) is 23.9. The van der Waals surface area contributed by atoms with Crippen molar-refractivity contribution < 1.29 is 39.5 Å². The maximum Gasteiger partial charge on any atom is 0.338 e. The fourth-order valence-electron chi connectivity index (χ4n) is 2.40. The molecule has 0 saturated heterocycles. The molecule has 1 rings (SSSR count). The highest BCUT2D eigenvalue weighted by Crippen LogP contribution is 2.10. The van der Waals surface area contributed by atoms with Gasteiger partial charge in [0.15, 0.2) is 0 Å². The molecule has 2 unspecified atom stereocenters. The largest absolute Gasteiger partial charge is 0.459 e. The molecule has 0 aromatic heterocycles. The Morgan fingerprint density at radius 3 is 1.39 bits per heavy atom. The number of aliphatic hydroxyl groups excluding tert-OH is 4. The van der Waals surface area contributed by atoms with Crippen LogP contribution in [0.15, 0.2) is 24.3 Å². The average Bonchev–Trinajstić information content (AvgIpc) is 2.70. The van der Waals surface area contributed by atoms with Gasteiger partial charge in [-0.25, -0.2) is 9.59 Å². The van der Waals surface area contributed by atoms with Gasteiger partial charge in [-0.15, -0.1) is 0 Å². The van der Waals surface area contributed by atoms with E-state index in [9.17, 15) is 19.8 Å². The predicted molar refractivity (Wildman–Crippen MR) is 101 cm³/mol. The van der Waals surface area contributed by atoms with E-state index >= 15 is 0 Å². The van der Waals surface area contributed by atoms with Gasteiger partial charge in [0.25, 0.3) is 0 Å². The second kappa shape index (κ2) is 14.1. The molecule has 1 aromatic rings. The standard InChI is InChI=1S/C20H30O8/c21-11-3-1-5-17(23)13-27-19(25)15-7-9-16(10-8-15)20(26)28-14-18(24)6-2-4-12-22/h7-10,17-18,21-24H,1-6,11-14H2. The van der Waals surface area contributed by atoms with Crippen LogP contribution in [0.1, 0.15) is 59.2 Å². The average molecular weight is 398 g/mol. The first-order valence-electron chi connectivity index (χ1n) is 9.50. The van der Waals surface area contributed by atoms with Gasteiger partial charge in [-0.1, -0.05) is 0 Å². The highest BCUT2D eigenvalue weighted by molar-refractivity contribution is 5.93. The maximum absolute atomic E-state index is 12.0. The minimum Gasteiger partial charge on any atom is -0.459 e. The number of unbranched alkanes of at least 4 members (excludes halogenated alkanes) is 2. The molecule has 0 radical (unpaired) electrons. The Labute approximate surface area is 164 Å². The van der Waals surface area contributed by atoms with Crippen LogP contribution < -0.4 is 0 Å². The van der Waals surface area contributed by atoms with Gasteiger partial charge in [0.05, 0.1) is 23.3 Å². The minimum atomic E-state index is -0.784. The van der Waals surface area contributed by atoms with Crippen molar-refractivity contribution in [1.29, 1.82) is 0 Å². The van der Waals surface area contributed by atoms with Gasteiger partial charge in [0, 0.05) is 13.2 Å². The summed E-state index contributed by atoms with van der Waals surface area (Å²) < 4.78 is 10.1. The number of ether oxygens (including phenoxy) is 2. The van der Waals surface area contributed by atoms with E-state index in [-0.39, 0.29) is 37.6 Å². The van der Waals surface area contributed by atoms with E-state index in [1.54, 1.807) is 0 Å². The van der Waals surface area contributed by atoms with Gasteiger partial charge in [0.1, 0.15) is 13.2 Å². The first-order valence-corrected chi connectivity index (χ1v) is 9.50. The molecule has 28 heavy (non-hydrogen) atoms. The molecule has 8 heteroatoms. The lowest BCUT2D eigenvalue weighted by atomic mass is 10.1. The summed E-state index contributed by atoms with van der Waals surface area (Å²) in [5, 5.41) is 36.8. The molecule has 0 amide bonds. The molecule has 0 aliphatic heterocycles.